The van der Waals surface area contributed by atoms with E-state index in [0.29, 0.717) is 28.6 Å². The van der Waals surface area contributed by atoms with Crippen LogP contribution in [0.4, 0.5) is 0 Å². The van der Waals surface area contributed by atoms with Crippen LogP contribution in [0.3, 0.4) is 0 Å². The highest BCUT2D eigenvalue weighted by Crippen LogP contribution is 2.30. The number of fused-ring (bicyclic) bond motifs is 1. The van der Waals surface area contributed by atoms with Gasteiger partial charge in [-0.1, -0.05) is 29.5 Å². The van der Waals surface area contributed by atoms with Crippen LogP contribution < -0.4 is 20.2 Å². The third-order valence-electron chi connectivity index (χ3n) is 4.03. The molecule has 0 saturated heterocycles. The third-order valence-corrected chi connectivity index (χ3v) is 4.98. The number of carbonyl (C=O) groups is 1. The molecule has 1 aliphatic rings. The van der Waals surface area contributed by atoms with Gasteiger partial charge in [-0.15, -0.1) is 0 Å². The van der Waals surface area contributed by atoms with Crippen molar-refractivity contribution in [3.63, 3.8) is 0 Å². The first-order valence-electron chi connectivity index (χ1n) is 8.01. The lowest BCUT2D eigenvalue weighted by Gasteiger charge is -2.06. The van der Waals surface area contributed by atoms with E-state index in [9.17, 15) is 14.7 Å². The summed E-state index contributed by atoms with van der Waals surface area (Å²) in [7, 11) is 0. The molecule has 0 bridgehead atoms. The Balaban J connectivity index is 1.88. The van der Waals surface area contributed by atoms with Gasteiger partial charge in [-0.05, 0) is 37.3 Å². The number of amides is 1. The standard InChI is InChI=1S/C19H14N2O4S/c1-2-25-12-9-7-11(8-10-12)21-18(23)16(26-19(21)24)15-13-5-3-4-6-14(13)20-17(15)22/h3-10,23H,2H2,1H3. The number of aromatic hydroxyl groups is 1. The van der Waals surface area contributed by atoms with Crippen molar-refractivity contribution in [3.8, 4) is 17.3 Å². The van der Waals surface area contributed by atoms with Crippen LogP contribution in [0.25, 0.3) is 11.3 Å². The topological polar surface area (TPSA) is 80.9 Å². The molecular formula is C19H14N2O4S. The molecule has 1 N–H and O–H groups in total. The zero-order valence-electron chi connectivity index (χ0n) is 13.8. The van der Waals surface area contributed by atoms with Gasteiger partial charge in [0.05, 0.1) is 23.2 Å². The second kappa shape index (κ2) is 6.27. The molecule has 0 fully saturated rings. The maximum absolute atomic E-state index is 12.5. The first-order valence-corrected chi connectivity index (χ1v) is 8.82. The lowest BCUT2D eigenvalue weighted by molar-refractivity contribution is -0.112. The fraction of sp³-hybridized carbons (Fsp3) is 0.105. The summed E-state index contributed by atoms with van der Waals surface area (Å²) in [6.45, 7) is 2.42. The Bertz CT molecular complexity index is 1190. The molecule has 1 amide bonds. The number of thiazole rings is 1. The molecule has 0 radical (unpaired) electrons. The maximum atomic E-state index is 12.5. The van der Waals surface area contributed by atoms with Gasteiger partial charge in [-0.2, -0.15) is 0 Å². The molecule has 2 heterocycles. The number of aromatic nitrogens is 1. The zero-order valence-corrected chi connectivity index (χ0v) is 14.6. The molecule has 26 heavy (non-hydrogen) atoms. The van der Waals surface area contributed by atoms with E-state index in [1.54, 1.807) is 48.5 Å². The SMILES string of the molecule is CCOc1ccc(-n2c(O)c(C3=c4ccccc4=NC3=O)sc2=O)cc1. The van der Waals surface area contributed by atoms with Crippen molar-refractivity contribution in [2.75, 3.05) is 6.61 Å². The predicted octanol–water partition coefficient (Wildman–Crippen LogP) is 1.36. The van der Waals surface area contributed by atoms with Gasteiger partial charge >= 0.3 is 4.87 Å². The quantitative estimate of drug-likeness (QED) is 0.756. The van der Waals surface area contributed by atoms with Crippen molar-refractivity contribution in [2.45, 2.75) is 6.92 Å². The van der Waals surface area contributed by atoms with Gasteiger partial charge in [-0.3, -0.25) is 9.59 Å². The van der Waals surface area contributed by atoms with Gasteiger partial charge in [0, 0.05) is 5.22 Å². The van der Waals surface area contributed by atoms with Crippen LogP contribution in [0.1, 0.15) is 11.8 Å². The molecule has 2 aromatic carbocycles. The van der Waals surface area contributed by atoms with Gasteiger partial charge in [0.1, 0.15) is 10.6 Å². The largest absolute Gasteiger partial charge is 0.494 e. The van der Waals surface area contributed by atoms with E-state index in [0.717, 1.165) is 11.3 Å². The number of rotatable bonds is 4. The van der Waals surface area contributed by atoms with E-state index >= 15 is 0 Å². The second-order valence-corrected chi connectivity index (χ2v) is 6.55. The molecule has 3 aromatic rings. The smallest absolute Gasteiger partial charge is 0.315 e. The maximum Gasteiger partial charge on any atom is 0.315 e. The van der Waals surface area contributed by atoms with Crippen molar-refractivity contribution >= 4 is 22.8 Å². The Morgan fingerprint density at radius 1 is 1.12 bits per heavy atom. The molecular weight excluding hydrogens is 352 g/mol. The fourth-order valence-electron chi connectivity index (χ4n) is 2.90. The minimum absolute atomic E-state index is 0.225. The Morgan fingerprint density at radius 2 is 1.85 bits per heavy atom. The lowest BCUT2D eigenvalue weighted by atomic mass is 10.1. The molecule has 0 spiro atoms. The van der Waals surface area contributed by atoms with Crippen LogP contribution >= 0.6 is 11.3 Å². The highest BCUT2D eigenvalue weighted by atomic mass is 32.1. The molecule has 0 unspecified atom stereocenters. The van der Waals surface area contributed by atoms with Crippen LogP contribution in [0, 0.1) is 0 Å². The Hall–Kier alpha value is -3.19. The van der Waals surface area contributed by atoms with Gasteiger partial charge in [0.2, 0.25) is 5.88 Å². The van der Waals surface area contributed by atoms with Gasteiger partial charge in [-0.25, -0.2) is 9.56 Å². The highest BCUT2D eigenvalue weighted by molar-refractivity contribution is 7.11. The number of ether oxygens (including phenoxy) is 1. The molecule has 6 nitrogen and oxygen atoms in total. The van der Waals surface area contributed by atoms with Crippen LogP contribution in [0.5, 0.6) is 11.6 Å². The third kappa shape index (κ3) is 2.53. The summed E-state index contributed by atoms with van der Waals surface area (Å²) in [5, 5.41) is 11.8. The van der Waals surface area contributed by atoms with E-state index in [4.69, 9.17) is 4.74 Å². The van der Waals surface area contributed by atoms with E-state index in [1.807, 2.05) is 6.92 Å². The molecule has 130 valence electrons. The zero-order chi connectivity index (χ0) is 18.3. The van der Waals surface area contributed by atoms with Crippen molar-refractivity contribution in [1.82, 2.24) is 4.57 Å². The summed E-state index contributed by atoms with van der Waals surface area (Å²) in [6, 6.07) is 13.9. The molecule has 0 aliphatic carbocycles. The molecule has 1 aromatic heterocycles. The van der Waals surface area contributed by atoms with Crippen molar-refractivity contribution in [2.24, 2.45) is 4.99 Å². The predicted molar refractivity (Wildman–Crippen MR) is 97.5 cm³/mol. The fourth-order valence-corrected chi connectivity index (χ4v) is 3.84. The van der Waals surface area contributed by atoms with Crippen LogP contribution in [-0.4, -0.2) is 22.2 Å². The molecule has 0 saturated carbocycles. The second-order valence-electron chi connectivity index (χ2n) is 5.59. The average Bonchev–Trinajstić information content (AvgIpc) is 3.11. The van der Waals surface area contributed by atoms with Gasteiger partial charge in [0.25, 0.3) is 5.91 Å². The van der Waals surface area contributed by atoms with Crippen LogP contribution in [0.2, 0.25) is 0 Å². The highest BCUT2D eigenvalue weighted by Gasteiger charge is 2.26. The van der Waals surface area contributed by atoms with Crippen LogP contribution in [-0.2, 0) is 4.79 Å². The van der Waals surface area contributed by atoms with E-state index in [-0.39, 0.29) is 21.2 Å². The average molecular weight is 366 g/mol. The monoisotopic (exact) mass is 366 g/mol. The van der Waals surface area contributed by atoms with E-state index in [1.165, 1.54) is 4.57 Å². The summed E-state index contributed by atoms with van der Waals surface area (Å²) >= 11 is 0.823. The summed E-state index contributed by atoms with van der Waals surface area (Å²) in [5.74, 6) is -0.0479. The van der Waals surface area contributed by atoms with Crippen molar-refractivity contribution in [3.05, 3.63) is 73.7 Å². The summed E-state index contributed by atoms with van der Waals surface area (Å²) in [5.41, 5.74) is 0.750. The molecule has 7 heteroatoms. The number of hydrogen-bond acceptors (Lipinski definition) is 5. The van der Waals surface area contributed by atoms with E-state index in [2.05, 4.69) is 4.99 Å². The number of benzene rings is 2. The lowest BCUT2D eigenvalue weighted by Crippen LogP contribution is -2.22. The van der Waals surface area contributed by atoms with Crippen molar-refractivity contribution in [1.29, 1.82) is 0 Å². The minimum Gasteiger partial charge on any atom is -0.494 e. The Labute approximate surface area is 152 Å². The van der Waals surface area contributed by atoms with E-state index < -0.39 is 5.91 Å². The van der Waals surface area contributed by atoms with Crippen molar-refractivity contribution < 1.29 is 14.6 Å². The number of para-hydroxylation sites is 1. The Morgan fingerprint density at radius 3 is 2.58 bits per heavy atom. The Kier molecular flexibility index (Phi) is 3.93. The normalized spacial score (nSPS) is 12.8. The number of nitrogens with zero attached hydrogens (tertiary/aromatic N) is 2. The first-order chi connectivity index (χ1) is 12.6. The molecule has 4 rings (SSSR count). The molecule has 0 atom stereocenters. The summed E-state index contributed by atoms with van der Waals surface area (Å²) in [6.07, 6.45) is 0. The van der Waals surface area contributed by atoms with Gasteiger partial charge in [0.15, 0.2) is 0 Å². The molecule has 1 aliphatic heterocycles. The van der Waals surface area contributed by atoms with Crippen LogP contribution in [0.15, 0.2) is 58.3 Å². The number of hydrogen-bond donors (Lipinski definition) is 1. The van der Waals surface area contributed by atoms with Gasteiger partial charge < -0.3 is 9.84 Å². The summed E-state index contributed by atoms with van der Waals surface area (Å²) < 4.78 is 6.57. The number of carbonyl (C=O) groups excluding carboxylic acids is 1. The first kappa shape index (κ1) is 16.3. The summed E-state index contributed by atoms with van der Waals surface area (Å²) in [4.78, 5) is 28.6. The minimum atomic E-state index is -0.457.